The van der Waals surface area contributed by atoms with Gasteiger partial charge in [-0.2, -0.15) is 0 Å². The van der Waals surface area contributed by atoms with Gasteiger partial charge in [0.2, 0.25) is 0 Å². The second-order valence-electron chi connectivity index (χ2n) is 5.57. The average Bonchev–Trinajstić information content (AvgIpc) is 2.88. The molecule has 1 saturated heterocycles. The SMILES string of the molecule is COc1cc(C=C2SC(=O)N(C)C2=O)ccc1OCc1ccc(F)cc1. The zero-order valence-corrected chi connectivity index (χ0v) is 15.0. The van der Waals surface area contributed by atoms with E-state index in [-0.39, 0.29) is 23.6 Å². The molecule has 134 valence electrons. The van der Waals surface area contributed by atoms with Crippen molar-refractivity contribution < 1.29 is 23.5 Å². The molecule has 5 nitrogen and oxygen atoms in total. The van der Waals surface area contributed by atoms with Crippen molar-refractivity contribution in [1.29, 1.82) is 0 Å². The van der Waals surface area contributed by atoms with Crippen LogP contribution in [0.3, 0.4) is 0 Å². The minimum Gasteiger partial charge on any atom is -0.493 e. The molecule has 1 fully saturated rings. The Bertz CT molecular complexity index is 880. The number of carbonyl (C=O) groups excluding carboxylic acids is 2. The summed E-state index contributed by atoms with van der Waals surface area (Å²) in [5, 5.41) is -0.299. The number of benzene rings is 2. The van der Waals surface area contributed by atoms with Crippen molar-refractivity contribution in [3.63, 3.8) is 0 Å². The van der Waals surface area contributed by atoms with Gasteiger partial charge in [0, 0.05) is 7.05 Å². The molecule has 1 aliphatic heterocycles. The van der Waals surface area contributed by atoms with Crippen molar-refractivity contribution in [2.75, 3.05) is 14.2 Å². The number of thioether (sulfide) groups is 1. The van der Waals surface area contributed by atoms with Gasteiger partial charge in [-0.25, -0.2) is 4.39 Å². The fraction of sp³-hybridized carbons (Fsp3) is 0.158. The van der Waals surface area contributed by atoms with E-state index in [9.17, 15) is 14.0 Å². The van der Waals surface area contributed by atoms with Crippen LogP contribution in [-0.2, 0) is 11.4 Å². The van der Waals surface area contributed by atoms with Crippen molar-refractivity contribution in [1.82, 2.24) is 4.90 Å². The Kier molecular flexibility index (Phi) is 5.27. The number of hydrogen-bond donors (Lipinski definition) is 0. The number of nitrogens with zero attached hydrogens (tertiary/aromatic N) is 1. The van der Waals surface area contributed by atoms with Crippen LogP contribution in [0.25, 0.3) is 6.08 Å². The molecule has 0 aliphatic carbocycles. The standard InChI is InChI=1S/C19H16FNO4S/c1-21-18(22)17(26-19(21)23)10-13-5-8-15(16(9-13)24-2)25-11-12-3-6-14(20)7-4-12/h3-10H,11H2,1-2H3. The van der Waals surface area contributed by atoms with E-state index < -0.39 is 0 Å². The van der Waals surface area contributed by atoms with Gasteiger partial charge in [-0.1, -0.05) is 18.2 Å². The summed E-state index contributed by atoms with van der Waals surface area (Å²) in [6.45, 7) is 0.269. The fourth-order valence-corrected chi connectivity index (χ4v) is 3.16. The summed E-state index contributed by atoms with van der Waals surface area (Å²) < 4.78 is 24.0. The third-order valence-corrected chi connectivity index (χ3v) is 4.74. The first-order chi connectivity index (χ1) is 12.5. The molecule has 3 rings (SSSR count). The van der Waals surface area contributed by atoms with Gasteiger partial charge in [-0.05, 0) is 53.2 Å². The predicted octanol–water partition coefficient (Wildman–Crippen LogP) is 4.08. The molecule has 0 saturated carbocycles. The summed E-state index contributed by atoms with van der Waals surface area (Å²) in [4.78, 5) is 25.0. The minimum atomic E-state index is -0.324. The quantitative estimate of drug-likeness (QED) is 0.739. The molecule has 0 atom stereocenters. The fourth-order valence-electron chi connectivity index (χ4n) is 2.33. The highest BCUT2D eigenvalue weighted by molar-refractivity contribution is 8.18. The lowest BCUT2D eigenvalue weighted by Gasteiger charge is -2.11. The number of methoxy groups -OCH3 is 1. The maximum absolute atomic E-state index is 12.9. The van der Waals surface area contributed by atoms with Crippen LogP contribution in [0.2, 0.25) is 0 Å². The van der Waals surface area contributed by atoms with Crippen LogP contribution in [0.4, 0.5) is 9.18 Å². The number of carbonyl (C=O) groups is 2. The third kappa shape index (κ3) is 3.88. The molecule has 2 amide bonds. The molecular weight excluding hydrogens is 357 g/mol. The number of halogens is 1. The van der Waals surface area contributed by atoms with E-state index in [4.69, 9.17) is 9.47 Å². The minimum absolute atomic E-state index is 0.269. The number of amides is 2. The summed E-state index contributed by atoms with van der Waals surface area (Å²) >= 11 is 0.899. The van der Waals surface area contributed by atoms with Crippen LogP contribution in [0, 0.1) is 5.82 Å². The molecular formula is C19H16FNO4S. The van der Waals surface area contributed by atoms with Crippen molar-refractivity contribution >= 4 is 29.0 Å². The van der Waals surface area contributed by atoms with Gasteiger partial charge in [-0.15, -0.1) is 0 Å². The molecule has 2 aromatic carbocycles. The Labute approximate surface area is 154 Å². The molecule has 26 heavy (non-hydrogen) atoms. The van der Waals surface area contributed by atoms with Crippen molar-refractivity contribution in [3.05, 3.63) is 64.3 Å². The van der Waals surface area contributed by atoms with E-state index in [0.717, 1.165) is 27.8 Å². The molecule has 0 spiro atoms. The predicted molar refractivity (Wildman–Crippen MR) is 97.5 cm³/mol. The van der Waals surface area contributed by atoms with Gasteiger partial charge in [0.1, 0.15) is 12.4 Å². The highest BCUT2D eigenvalue weighted by atomic mass is 32.2. The summed E-state index contributed by atoms with van der Waals surface area (Å²) in [6.07, 6.45) is 1.64. The normalized spacial score (nSPS) is 15.7. The molecule has 7 heteroatoms. The highest BCUT2D eigenvalue weighted by Crippen LogP contribution is 2.34. The van der Waals surface area contributed by atoms with Crippen LogP contribution < -0.4 is 9.47 Å². The summed E-state index contributed by atoms with van der Waals surface area (Å²) in [5.74, 6) is 0.400. The monoisotopic (exact) mass is 373 g/mol. The number of imide groups is 1. The number of rotatable bonds is 5. The van der Waals surface area contributed by atoms with Gasteiger partial charge in [0.15, 0.2) is 11.5 Å². The number of likely N-dealkylation sites (N-methyl/N-ethyl adjacent to an activating group) is 1. The second kappa shape index (κ2) is 7.61. The Morgan fingerprint density at radius 1 is 1.12 bits per heavy atom. The van der Waals surface area contributed by atoms with Gasteiger partial charge < -0.3 is 9.47 Å². The van der Waals surface area contributed by atoms with E-state index in [1.807, 2.05) is 0 Å². The zero-order valence-electron chi connectivity index (χ0n) is 14.2. The van der Waals surface area contributed by atoms with Gasteiger partial charge in [0.25, 0.3) is 11.1 Å². The first-order valence-corrected chi connectivity index (χ1v) is 8.56. The summed E-state index contributed by atoms with van der Waals surface area (Å²) in [5.41, 5.74) is 1.55. The summed E-state index contributed by atoms with van der Waals surface area (Å²) in [7, 11) is 2.97. The lowest BCUT2D eigenvalue weighted by Crippen LogP contribution is -2.22. The third-order valence-electron chi connectivity index (χ3n) is 3.78. The van der Waals surface area contributed by atoms with Crippen molar-refractivity contribution in [2.45, 2.75) is 6.61 Å². The number of ether oxygens (including phenoxy) is 2. The Hall–Kier alpha value is -2.80. The lowest BCUT2D eigenvalue weighted by atomic mass is 10.2. The average molecular weight is 373 g/mol. The zero-order chi connectivity index (χ0) is 18.7. The van der Waals surface area contributed by atoms with Crippen LogP contribution in [0.5, 0.6) is 11.5 Å². The molecule has 2 aromatic rings. The molecule has 0 bridgehead atoms. The topological polar surface area (TPSA) is 55.8 Å². The molecule has 1 heterocycles. The molecule has 1 aliphatic rings. The largest absolute Gasteiger partial charge is 0.493 e. The summed E-state index contributed by atoms with van der Waals surface area (Å²) in [6, 6.07) is 11.3. The van der Waals surface area contributed by atoms with E-state index in [2.05, 4.69) is 0 Å². The molecule has 0 radical (unpaired) electrons. The maximum atomic E-state index is 12.9. The van der Waals surface area contributed by atoms with Crippen LogP contribution in [0.1, 0.15) is 11.1 Å². The van der Waals surface area contributed by atoms with Gasteiger partial charge in [-0.3, -0.25) is 14.5 Å². The van der Waals surface area contributed by atoms with E-state index >= 15 is 0 Å². The van der Waals surface area contributed by atoms with E-state index in [1.165, 1.54) is 26.3 Å². The smallest absolute Gasteiger partial charge is 0.293 e. The van der Waals surface area contributed by atoms with Gasteiger partial charge >= 0.3 is 0 Å². The van der Waals surface area contributed by atoms with Crippen LogP contribution in [-0.4, -0.2) is 30.2 Å². The molecule has 0 N–H and O–H groups in total. The lowest BCUT2D eigenvalue weighted by molar-refractivity contribution is -0.121. The first kappa shape index (κ1) is 18.0. The van der Waals surface area contributed by atoms with E-state index in [1.54, 1.807) is 36.4 Å². The molecule has 0 unspecified atom stereocenters. The maximum Gasteiger partial charge on any atom is 0.293 e. The Morgan fingerprint density at radius 2 is 1.85 bits per heavy atom. The van der Waals surface area contributed by atoms with Crippen molar-refractivity contribution in [3.8, 4) is 11.5 Å². The van der Waals surface area contributed by atoms with E-state index in [0.29, 0.717) is 16.4 Å². The van der Waals surface area contributed by atoms with Crippen molar-refractivity contribution in [2.24, 2.45) is 0 Å². The van der Waals surface area contributed by atoms with Gasteiger partial charge in [0.05, 0.1) is 12.0 Å². The first-order valence-electron chi connectivity index (χ1n) is 7.75. The highest BCUT2D eigenvalue weighted by Gasteiger charge is 2.31. The number of hydrogen-bond acceptors (Lipinski definition) is 5. The Balaban J connectivity index is 1.76. The van der Waals surface area contributed by atoms with Crippen LogP contribution >= 0.6 is 11.8 Å². The van der Waals surface area contributed by atoms with Crippen LogP contribution in [0.15, 0.2) is 47.4 Å². The Morgan fingerprint density at radius 3 is 2.46 bits per heavy atom. The molecule has 0 aromatic heterocycles. The second-order valence-corrected chi connectivity index (χ2v) is 6.56.